The zero-order valence-electron chi connectivity index (χ0n) is 16.1. The van der Waals surface area contributed by atoms with Crippen LogP contribution in [0.25, 0.3) is 10.4 Å². The maximum atomic E-state index is 12.7. The predicted molar refractivity (Wildman–Crippen MR) is 120 cm³/mol. The number of hydrogen-bond donors (Lipinski definition) is 2. The van der Waals surface area contributed by atoms with Gasteiger partial charge in [0.15, 0.2) is 0 Å². The Labute approximate surface area is 176 Å². The van der Waals surface area contributed by atoms with Crippen molar-refractivity contribution in [3.8, 4) is 10.4 Å². The molecule has 0 bridgehead atoms. The topological polar surface area (TPSA) is 81.4 Å². The first-order valence-corrected chi connectivity index (χ1v) is 11.0. The van der Waals surface area contributed by atoms with Crippen LogP contribution in [0.4, 0.5) is 11.4 Å². The van der Waals surface area contributed by atoms with Gasteiger partial charge >= 0.3 is 8.69 Å². The van der Waals surface area contributed by atoms with E-state index in [4.69, 9.17) is 10.3 Å². The van der Waals surface area contributed by atoms with Gasteiger partial charge in [0.05, 0.1) is 18.0 Å². The van der Waals surface area contributed by atoms with Crippen molar-refractivity contribution < 1.29 is 13.9 Å². The van der Waals surface area contributed by atoms with Gasteiger partial charge in [0.2, 0.25) is 0 Å². The Morgan fingerprint density at radius 3 is 2.66 bits per heavy atom. The summed E-state index contributed by atoms with van der Waals surface area (Å²) in [5, 5.41) is 4.93. The maximum absolute atomic E-state index is 12.7. The standard InChI is InChI=1S/C22H23N2O3PS/c1-2-15(11-12-27-28-26)16-5-7-17(8-6-16)22(25)24-20-14-18(9-10-19(20)23)21-4-3-13-29-21/h3-10,13-15H,2,11-12,23H2,1H3,(H,24,25). The molecule has 0 fully saturated rings. The minimum absolute atomic E-state index is 0.201. The zero-order chi connectivity index (χ0) is 20.6. The van der Waals surface area contributed by atoms with E-state index in [-0.39, 0.29) is 14.6 Å². The Balaban J connectivity index is 1.71. The third-order valence-electron chi connectivity index (χ3n) is 4.85. The summed E-state index contributed by atoms with van der Waals surface area (Å²) in [6.45, 7) is 2.54. The lowest BCUT2D eigenvalue weighted by Crippen LogP contribution is -2.13. The van der Waals surface area contributed by atoms with Gasteiger partial charge in [0.25, 0.3) is 5.91 Å². The Morgan fingerprint density at radius 2 is 2.00 bits per heavy atom. The molecule has 29 heavy (non-hydrogen) atoms. The second-order valence-electron chi connectivity index (χ2n) is 6.66. The zero-order valence-corrected chi connectivity index (χ0v) is 17.8. The number of thiophene rings is 1. The SMILES string of the molecule is CCC(CCOP=O)c1ccc(C(=O)Nc2cc(-c3cccs3)ccc2N)cc1. The van der Waals surface area contributed by atoms with Crippen LogP contribution in [0, 0.1) is 0 Å². The molecule has 1 unspecified atom stereocenters. The van der Waals surface area contributed by atoms with Crippen LogP contribution in [-0.4, -0.2) is 12.5 Å². The molecule has 0 aliphatic heterocycles. The highest BCUT2D eigenvalue weighted by molar-refractivity contribution is 7.17. The fourth-order valence-corrected chi connectivity index (χ4v) is 4.10. The maximum Gasteiger partial charge on any atom is 0.327 e. The molecule has 1 amide bonds. The van der Waals surface area contributed by atoms with E-state index in [2.05, 4.69) is 12.2 Å². The average molecular weight is 426 g/mol. The molecule has 3 N–H and O–H groups in total. The molecule has 7 heteroatoms. The molecule has 0 saturated heterocycles. The minimum Gasteiger partial charge on any atom is -0.397 e. The van der Waals surface area contributed by atoms with Gasteiger partial charge < -0.3 is 11.1 Å². The molecule has 2 aromatic carbocycles. The molecule has 150 valence electrons. The van der Waals surface area contributed by atoms with Gasteiger partial charge in [-0.05, 0) is 65.6 Å². The van der Waals surface area contributed by atoms with Crippen molar-refractivity contribution in [2.75, 3.05) is 17.7 Å². The Hall–Kier alpha value is -2.53. The molecule has 0 saturated carbocycles. The molecule has 1 heterocycles. The molecule has 1 atom stereocenters. The van der Waals surface area contributed by atoms with E-state index < -0.39 is 0 Å². The van der Waals surface area contributed by atoms with Gasteiger partial charge in [0.1, 0.15) is 0 Å². The van der Waals surface area contributed by atoms with Crippen molar-refractivity contribution >= 4 is 37.3 Å². The monoisotopic (exact) mass is 426 g/mol. The molecule has 3 rings (SSSR count). The molecule has 3 aromatic rings. The fourth-order valence-electron chi connectivity index (χ4n) is 3.20. The van der Waals surface area contributed by atoms with Gasteiger partial charge in [-0.1, -0.05) is 31.2 Å². The van der Waals surface area contributed by atoms with E-state index in [1.54, 1.807) is 11.3 Å². The molecule has 1 aromatic heterocycles. The van der Waals surface area contributed by atoms with E-state index >= 15 is 0 Å². The molecule has 0 radical (unpaired) electrons. The summed E-state index contributed by atoms with van der Waals surface area (Å²) in [7, 11) is -0.290. The first-order valence-electron chi connectivity index (χ1n) is 9.41. The summed E-state index contributed by atoms with van der Waals surface area (Å²) >= 11 is 1.64. The average Bonchev–Trinajstić information content (AvgIpc) is 3.28. The second kappa shape index (κ2) is 10.3. The number of nitrogens with two attached hydrogens (primary N) is 1. The number of rotatable bonds is 9. The van der Waals surface area contributed by atoms with E-state index in [1.165, 1.54) is 0 Å². The van der Waals surface area contributed by atoms with Crippen molar-refractivity contribution in [3.63, 3.8) is 0 Å². The lowest BCUT2D eigenvalue weighted by molar-refractivity contribution is 0.102. The van der Waals surface area contributed by atoms with E-state index in [0.29, 0.717) is 29.5 Å². The summed E-state index contributed by atoms with van der Waals surface area (Å²) < 4.78 is 15.3. The van der Waals surface area contributed by atoms with Gasteiger partial charge in [-0.3, -0.25) is 9.32 Å². The summed E-state index contributed by atoms with van der Waals surface area (Å²) in [6.07, 6.45) is 1.72. The number of hydrogen-bond acceptors (Lipinski definition) is 5. The summed E-state index contributed by atoms with van der Waals surface area (Å²) in [6, 6.07) is 17.2. The van der Waals surface area contributed by atoms with Crippen LogP contribution >= 0.6 is 20.0 Å². The molecule has 0 aliphatic carbocycles. The number of amides is 1. The van der Waals surface area contributed by atoms with Gasteiger partial charge in [-0.25, -0.2) is 4.57 Å². The van der Waals surface area contributed by atoms with Crippen LogP contribution in [0.2, 0.25) is 0 Å². The largest absolute Gasteiger partial charge is 0.397 e. The number of anilines is 2. The lowest BCUT2D eigenvalue weighted by atomic mass is 9.93. The van der Waals surface area contributed by atoms with Crippen LogP contribution in [0.1, 0.15) is 41.6 Å². The number of benzene rings is 2. The highest BCUT2D eigenvalue weighted by Crippen LogP contribution is 2.30. The highest BCUT2D eigenvalue weighted by Gasteiger charge is 2.13. The normalized spacial score (nSPS) is 12.0. The second-order valence-corrected chi connectivity index (χ2v) is 8.01. The Bertz CT molecular complexity index is 959. The molecule has 5 nitrogen and oxygen atoms in total. The Kier molecular flexibility index (Phi) is 7.53. The van der Waals surface area contributed by atoms with Crippen LogP contribution in [0.15, 0.2) is 60.0 Å². The van der Waals surface area contributed by atoms with Crippen molar-refractivity contribution in [2.24, 2.45) is 0 Å². The smallest absolute Gasteiger partial charge is 0.327 e. The molecule has 0 aliphatic rings. The number of carbonyl (C=O) groups excluding carboxylic acids is 1. The van der Waals surface area contributed by atoms with E-state index in [0.717, 1.165) is 28.8 Å². The van der Waals surface area contributed by atoms with Gasteiger partial charge in [-0.2, -0.15) is 0 Å². The first kappa shape index (κ1) is 21.2. The van der Waals surface area contributed by atoms with Crippen LogP contribution in [-0.2, 0) is 9.09 Å². The van der Waals surface area contributed by atoms with Gasteiger partial charge in [-0.15, -0.1) is 11.3 Å². The third-order valence-corrected chi connectivity index (χ3v) is 6.06. The summed E-state index contributed by atoms with van der Waals surface area (Å²) in [5.41, 5.74) is 9.91. The summed E-state index contributed by atoms with van der Waals surface area (Å²) in [4.78, 5) is 13.8. The number of nitrogens with one attached hydrogen (secondary N) is 1. The van der Waals surface area contributed by atoms with Crippen LogP contribution in [0.5, 0.6) is 0 Å². The molecular formula is C22H23N2O3PS. The van der Waals surface area contributed by atoms with Crippen molar-refractivity contribution in [2.45, 2.75) is 25.7 Å². The third kappa shape index (κ3) is 5.51. The first-order chi connectivity index (χ1) is 14.1. The highest BCUT2D eigenvalue weighted by atomic mass is 32.1. The predicted octanol–water partition coefficient (Wildman–Crippen LogP) is 6.36. The van der Waals surface area contributed by atoms with E-state index in [1.807, 2.05) is 60.0 Å². The molecular weight excluding hydrogens is 403 g/mol. The Morgan fingerprint density at radius 1 is 1.21 bits per heavy atom. The van der Waals surface area contributed by atoms with Crippen molar-refractivity contribution in [1.82, 2.24) is 0 Å². The van der Waals surface area contributed by atoms with Crippen LogP contribution in [0.3, 0.4) is 0 Å². The quantitative estimate of drug-likeness (QED) is 0.237. The molecule has 0 spiro atoms. The number of carbonyl (C=O) groups is 1. The summed E-state index contributed by atoms with van der Waals surface area (Å²) in [5.74, 6) is 0.0973. The van der Waals surface area contributed by atoms with E-state index in [9.17, 15) is 9.36 Å². The minimum atomic E-state index is -0.290. The number of nitrogen functional groups attached to an aromatic ring is 1. The van der Waals surface area contributed by atoms with Crippen molar-refractivity contribution in [1.29, 1.82) is 0 Å². The lowest BCUT2D eigenvalue weighted by Gasteiger charge is -2.15. The van der Waals surface area contributed by atoms with Crippen LogP contribution < -0.4 is 11.1 Å². The fraction of sp³-hybridized carbons (Fsp3) is 0.227. The van der Waals surface area contributed by atoms with Crippen molar-refractivity contribution in [3.05, 3.63) is 71.1 Å². The van der Waals surface area contributed by atoms with Gasteiger partial charge in [0, 0.05) is 10.4 Å².